The summed E-state index contributed by atoms with van der Waals surface area (Å²) in [4.78, 5) is 67.0. The van der Waals surface area contributed by atoms with Crippen LogP contribution in [0.4, 0.5) is 13.2 Å². The van der Waals surface area contributed by atoms with Gasteiger partial charge in [-0.2, -0.15) is 18.2 Å². The van der Waals surface area contributed by atoms with Crippen molar-refractivity contribution in [2.75, 3.05) is 6.54 Å². The molecular formula is C41H49F3N5O8S+. The number of nitrogens with one attached hydrogen (secondary N) is 1. The van der Waals surface area contributed by atoms with Gasteiger partial charge in [0.15, 0.2) is 12.2 Å². The Bertz CT molecular complexity index is 2270. The van der Waals surface area contributed by atoms with Crippen molar-refractivity contribution in [3.63, 3.8) is 0 Å². The molecule has 58 heavy (non-hydrogen) atoms. The average Bonchev–Trinajstić information content (AvgIpc) is 3.92. The van der Waals surface area contributed by atoms with Crippen LogP contribution in [0, 0.1) is 35.5 Å². The number of alkyl halides is 3. The van der Waals surface area contributed by atoms with Gasteiger partial charge in [0.2, 0.25) is 29.1 Å². The summed E-state index contributed by atoms with van der Waals surface area (Å²) in [6.07, 6.45) is 4.09. The van der Waals surface area contributed by atoms with Crippen molar-refractivity contribution in [1.29, 1.82) is 0 Å². The molecule has 0 bridgehead atoms. The largest absolute Gasteiger partial charge is 0.472 e. The second kappa shape index (κ2) is 14.9. The van der Waals surface area contributed by atoms with Gasteiger partial charge >= 0.3 is 12.1 Å². The summed E-state index contributed by atoms with van der Waals surface area (Å²) >= 11 is 0. The lowest BCUT2D eigenvalue weighted by Crippen LogP contribution is -2.48. The van der Waals surface area contributed by atoms with Gasteiger partial charge in [-0.15, -0.1) is 0 Å². The van der Waals surface area contributed by atoms with Crippen molar-refractivity contribution in [2.24, 2.45) is 29.1 Å². The van der Waals surface area contributed by atoms with E-state index >= 15 is 0 Å². The number of hydrogen-bond donors (Lipinski definition) is 1. The molecule has 4 aliphatic rings. The fraction of sp³-hybridized carbons (Fsp3) is 0.585. The zero-order chi connectivity index (χ0) is 42.0. The molecule has 0 radical (unpaired) electrons. The quantitative estimate of drug-likeness (QED) is 0.164. The molecule has 1 unspecified atom stereocenters. The second-order valence-electron chi connectivity index (χ2n) is 17.4. The summed E-state index contributed by atoms with van der Waals surface area (Å²) in [7, 11) is -4.09. The molecule has 7 rings (SSSR count). The van der Waals surface area contributed by atoms with Crippen molar-refractivity contribution in [3.05, 3.63) is 55.2 Å². The molecule has 17 heteroatoms. The Morgan fingerprint density at radius 3 is 2.55 bits per heavy atom. The predicted octanol–water partition coefficient (Wildman–Crippen LogP) is 5.91. The molecule has 2 aliphatic carbocycles. The van der Waals surface area contributed by atoms with Crippen LogP contribution in [0.3, 0.4) is 0 Å². The number of Topliss-reactive ketones (excluding diaryl/α,β-unsaturated/α-hetero) is 1. The van der Waals surface area contributed by atoms with Crippen molar-refractivity contribution < 1.29 is 50.2 Å². The van der Waals surface area contributed by atoms with Crippen LogP contribution in [-0.2, 0) is 33.9 Å². The molecule has 1 N–H and O–H groups in total. The van der Waals surface area contributed by atoms with E-state index in [4.69, 9.17) is 9.47 Å². The van der Waals surface area contributed by atoms with Crippen molar-refractivity contribution in [2.45, 2.75) is 115 Å². The Kier molecular flexibility index (Phi) is 10.6. The standard InChI is InChI=1S/C41H48F3N5O8S/c1-24-10-6-7-11-26-21-40(26,36(53)47-58(54,55)39(5)14-15-39)22-32(50)31-19-27(56-34-28-12-8-9-13-30(28)48-17-16-45-37(48)46-34)23-49(31)35(52)29(25(2)18-24)20-33(51)57-38(3,4)41(42,43)44/h7-9,11-14,16-17,24-27,29,31H,6,10,15,18-23H2,1-5H3/p+1/b11-7-/t24-,25+,26+,27+,29-,31-,39?,40+/m0/s1. The normalized spacial score (nSPS) is 31.3. The SMILES string of the molecule is C[C@H]1CC/C=C\[C@@H]2C[C@@]2(C(=O)NS(=O)(=O)C2(C)[CH+]C2)CC(=O)[C@@H]2C[C@@H](Oc3nc4nccn4c4ccccc34)CN2C(=O)[C@@H](CC(=O)OC(C)(C)C(F)(F)F)[C@H](C)C1. The van der Waals surface area contributed by atoms with Crippen LogP contribution in [-0.4, -0.2) is 86.5 Å². The van der Waals surface area contributed by atoms with E-state index in [1.165, 1.54) is 11.8 Å². The summed E-state index contributed by atoms with van der Waals surface area (Å²) in [5.74, 6) is -4.69. The monoisotopic (exact) mass is 828 g/mol. The number of carbonyl (C=O) groups excluding carboxylic acids is 4. The van der Waals surface area contributed by atoms with Crippen LogP contribution in [0.25, 0.3) is 16.7 Å². The number of para-hydroxylation sites is 1. The smallest absolute Gasteiger partial charge is 0.427 e. The first kappa shape index (κ1) is 41.5. The molecule has 8 atom stereocenters. The van der Waals surface area contributed by atoms with Gasteiger partial charge in [0.25, 0.3) is 14.8 Å². The third kappa shape index (κ3) is 7.90. The number of amides is 2. The van der Waals surface area contributed by atoms with Crippen LogP contribution in [0.2, 0.25) is 0 Å². The number of ketones is 1. The number of rotatable bonds is 8. The fourth-order valence-electron chi connectivity index (χ4n) is 8.39. The van der Waals surface area contributed by atoms with Crippen molar-refractivity contribution >= 4 is 50.3 Å². The van der Waals surface area contributed by atoms with Gasteiger partial charge in [0.05, 0.1) is 41.2 Å². The summed E-state index contributed by atoms with van der Waals surface area (Å²) in [5, 5.41) is 0.636. The Hall–Kier alpha value is -4.67. The first-order valence-corrected chi connectivity index (χ1v) is 21.2. The summed E-state index contributed by atoms with van der Waals surface area (Å²) in [6.45, 7) is 6.59. The average molecular weight is 829 g/mol. The number of nitrogens with zero attached hydrogens (tertiary/aromatic N) is 4. The third-order valence-corrected chi connectivity index (χ3v) is 14.5. The highest BCUT2D eigenvalue weighted by molar-refractivity contribution is 7.91. The molecule has 2 amide bonds. The molecule has 2 aromatic heterocycles. The number of esters is 1. The minimum Gasteiger partial charge on any atom is -0.472 e. The van der Waals surface area contributed by atoms with Gasteiger partial charge in [0.1, 0.15) is 12.5 Å². The van der Waals surface area contributed by atoms with Gasteiger partial charge in [-0.25, -0.2) is 18.1 Å². The van der Waals surface area contributed by atoms with Gasteiger partial charge in [-0.1, -0.05) is 38.1 Å². The first-order chi connectivity index (χ1) is 27.1. The Labute approximate surface area is 335 Å². The zero-order valence-corrected chi connectivity index (χ0v) is 33.9. The van der Waals surface area contributed by atoms with Gasteiger partial charge < -0.3 is 14.4 Å². The highest BCUT2D eigenvalue weighted by atomic mass is 32.2. The second-order valence-corrected chi connectivity index (χ2v) is 19.5. The molecule has 4 heterocycles. The Balaban J connectivity index is 1.24. The number of imidazole rings is 1. The molecular weight excluding hydrogens is 780 g/mol. The number of sulfonamides is 1. The van der Waals surface area contributed by atoms with Crippen LogP contribution in [0.1, 0.15) is 86.0 Å². The maximum atomic E-state index is 14.9. The van der Waals surface area contributed by atoms with Crippen molar-refractivity contribution in [3.8, 4) is 5.88 Å². The van der Waals surface area contributed by atoms with E-state index in [1.54, 1.807) is 30.1 Å². The summed E-state index contributed by atoms with van der Waals surface area (Å²) in [5.41, 5.74) is -3.46. The lowest BCUT2D eigenvalue weighted by atomic mass is 9.82. The fourth-order valence-corrected chi connectivity index (χ4v) is 9.59. The Morgan fingerprint density at radius 2 is 1.84 bits per heavy atom. The zero-order valence-electron chi connectivity index (χ0n) is 33.1. The topological polar surface area (TPSA) is 166 Å². The molecule has 3 aromatic rings. The lowest BCUT2D eigenvalue weighted by Gasteiger charge is -2.33. The number of carbonyl (C=O) groups is 4. The van der Waals surface area contributed by atoms with Gasteiger partial charge in [-0.3, -0.25) is 23.6 Å². The van der Waals surface area contributed by atoms with E-state index in [2.05, 4.69) is 14.7 Å². The number of aromatic nitrogens is 3. The van der Waals surface area contributed by atoms with E-state index in [0.29, 0.717) is 30.4 Å². The minimum absolute atomic E-state index is 0.0136. The van der Waals surface area contributed by atoms with Gasteiger partial charge in [0, 0.05) is 32.2 Å². The van der Waals surface area contributed by atoms with Crippen LogP contribution < -0.4 is 9.46 Å². The maximum Gasteiger partial charge on any atom is 0.427 e. The van der Waals surface area contributed by atoms with Crippen LogP contribution >= 0.6 is 0 Å². The number of ether oxygens (including phenoxy) is 2. The maximum absolute atomic E-state index is 14.9. The number of benzene rings is 1. The highest BCUT2D eigenvalue weighted by Crippen LogP contribution is 2.57. The molecule has 312 valence electrons. The van der Waals surface area contributed by atoms with E-state index in [9.17, 15) is 40.8 Å². The van der Waals surface area contributed by atoms with Gasteiger partial charge in [-0.05, 0) is 69.4 Å². The molecule has 0 spiro atoms. The van der Waals surface area contributed by atoms with E-state index in [1.807, 2.05) is 43.3 Å². The predicted molar refractivity (Wildman–Crippen MR) is 205 cm³/mol. The number of fused-ring (bicyclic) bond motifs is 5. The number of allylic oxidation sites excluding steroid dienone is 2. The summed E-state index contributed by atoms with van der Waals surface area (Å²) < 4.78 is 82.0. The van der Waals surface area contributed by atoms with Crippen molar-refractivity contribution in [1.82, 2.24) is 24.0 Å². The molecule has 2 saturated carbocycles. The number of hydrogen-bond acceptors (Lipinski definition) is 10. The molecule has 3 fully saturated rings. The highest BCUT2D eigenvalue weighted by Gasteiger charge is 2.67. The van der Waals surface area contributed by atoms with E-state index in [-0.39, 0.29) is 44.0 Å². The minimum atomic E-state index is -4.87. The summed E-state index contributed by atoms with van der Waals surface area (Å²) in [6, 6.07) is 6.15. The van der Waals surface area contributed by atoms with Crippen LogP contribution in [0.5, 0.6) is 5.88 Å². The molecule has 13 nitrogen and oxygen atoms in total. The van der Waals surface area contributed by atoms with Crippen LogP contribution in [0.15, 0.2) is 48.8 Å². The lowest BCUT2D eigenvalue weighted by molar-refractivity contribution is -0.257. The molecule has 1 aromatic carbocycles. The van der Waals surface area contributed by atoms with E-state index < -0.39 is 91.8 Å². The molecule has 1 saturated heterocycles. The van der Waals surface area contributed by atoms with E-state index in [0.717, 1.165) is 19.4 Å². The Morgan fingerprint density at radius 1 is 1.12 bits per heavy atom. The number of halogens is 3. The first-order valence-electron chi connectivity index (χ1n) is 19.7. The molecule has 2 aliphatic heterocycles. The third-order valence-electron chi connectivity index (χ3n) is 12.5.